The molecule has 1 atom stereocenters. The second-order valence-corrected chi connectivity index (χ2v) is 5.08. The van der Waals surface area contributed by atoms with Crippen LogP contribution in [0.5, 0.6) is 0 Å². The van der Waals surface area contributed by atoms with E-state index in [2.05, 4.69) is 0 Å². The fourth-order valence-electron chi connectivity index (χ4n) is 2.38. The molecule has 0 spiro atoms. The number of rotatable bonds is 4. The van der Waals surface area contributed by atoms with Crippen molar-refractivity contribution in [1.29, 1.82) is 0 Å². The lowest BCUT2D eigenvalue weighted by Crippen LogP contribution is -2.41. The van der Waals surface area contributed by atoms with E-state index in [1.165, 1.54) is 9.36 Å². The molecule has 1 amide bonds. The Morgan fingerprint density at radius 3 is 2.38 bits per heavy atom. The van der Waals surface area contributed by atoms with Crippen LogP contribution in [0.25, 0.3) is 5.69 Å². The van der Waals surface area contributed by atoms with Crippen LogP contribution in [-0.4, -0.2) is 32.7 Å². The number of hydrogen-bond donors (Lipinski definition) is 2. The SMILES string of the molecule is CCc1c(NC(=O)C(O)C(F)(F)F)c(=O)n(-c2ccccc2)n1C. The number of para-hydroxylation sites is 1. The van der Waals surface area contributed by atoms with Gasteiger partial charge in [-0.2, -0.15) is 13.2 Å². The van der Waals surface area contributed by atoms with Gasteiger partial charge in [-0.3, -0.25) is 14.3 Å². The Morgan fingerprint density at radius 1 is 1.29 bits per heavy atom. The summed E-state index contributed by atoms with van der Waals surface area (Å²) >= 11 is 0. The summed E-state index contributed by atoms with van der Waals surface area (Å²) in [5.74, 6) is -1.69. The Hall–Kier alpha value is -2.55. The van der Waals surface area contributed by atoms with Gasteiger partial charge >= 0.3 is 6.18 Å². The molecule has 1 aromatic carbocycles. The third-order valence-electron chi connectivity index (χ3n) is 3.53. The number of aromatic nitrogens is 2. The topological polar surface area (TPSA) is 76.3 Å². The number of aliphatic hydroxyl groups excluding tert-OH is 1. The lowest BCUT2D eigenvalue weighted by atomic mass is 10.2. The molecule has 2 aromatic rings. The molecule has 0 saturated carbocycles. The molecule has 9 heteroatoms. The summed E-state index contributed by atoms with van der Waals surface area (Å²) in [7, 11) is 1.56. The molecule has 6 nitrogen and oxygen atoms in total. The number of anilines is 1. The number of nitrogens with zero attached hydrogens (tertiary/aromatic N) is 2. The second-order valence-electron chi connectivity index (χ2n) is 5.08. The van der Waals surface area contributed by atoms with E-state index >= 15 is 0 Å². The molecule has 2 N–H and O–H groups in total. The van der Waals surface area contributed by atoms with E-state index in [0.29, 0.717) is 17.8 Å². The minimum absolute atomic E-state index is 0.280. The fraction of sp³-hybridized carbons (Fsp3) is 0.333. The number of alkyl halides is 3. The van der Waals surface area contributed by atoms with E-state index in [4.69, 9.17) is 5.11 Å². The van der Waals surface area contributed by atoms with Gasteiger partial charge in [-0.05, 0) is 18.6 Å². The molecule has 0 radical (unpaired) electrons. The Balaban J connectivity index is 2.49. The number of hydrogen-bond acceptors (Lipinski definition) is 3. The van der Waals surface area contributed by atoms with Crippen LogP contribution in [0.3, 0.4) is 0 Å². The highest BCUT2D eigenvalue weighted by Crippen LogP contribution is 2.22. The quantitative estimate of drug-likeness (QED) is 0.885. The van der Waals surface area contributed by atoms with Crippen LogP contribution < -0.4 is 10.9 Å². The molecular formula is C15H16F3N3O3. The summed E-state index contributed by atoms with van der Waals surface area (Å²) in [6.07, 6.45) is -8.01. The Bertz CT molecular complexity index is 794. The number of nitrogens with one attached hydrogen (secondary N) is 1. The molecule has 1 aromatic heterocycles. The van der Waals surface area contributed by atoms with Crippen LogP contribution >= 0.6 is 0 Å². The summed E-state index contributed by atoms with van der Waals surface area (Å²) in [6.45, 7) is 1.69. The zero-order valence-corrected chi connectivity index (χ0v) is 13.0. The molecular weight excluding hydrogens is 327 g/mol. The monoisotopic (exact) mass is 343 g/mol. The number of benzene rings is 1. The first kappa shape index (κ1) is 17.8. The zero-order chi connectivity index (χ0) is 18.1. The Morgan fingerprint density at radius 2 is 1.88 bits per heavy atom. The molecule has 0 bridgehead atoms. The van der Waals surface area contributed by atoms with Gasteiger partial charge in [0.05, 0.1) is 11.4 Å². The van der Waals surface area contributed by atoms with E-state index in [-0.39, 0.29) is 5.69 Å². The van der Waals surface area contributed by atoms with Crippen molar-refractivity contribution < 1.29 is 23.1 Å². The van der Waals surface area contributed by atoms with Crippen molar-refractivity contribution in [3.8, 4) is 5.69 Å². The standard InChI is InChI=1S/C15H16F3N3O3/c1-3-10-11(19-13(23)12(22)15(16,17)18)14(24)21(20(10)2)9-7-5-4-6-8-9/h4-8,12,22H,3H2,1-2H3,(H,19,23). The minimum atomic E-state index is -5.11. The van der Waals surface area contributed by atoms with Gasteiger partial charge in [0.2, 0.25) is 6.10 Å². The smallest absolute Gasteiger partial charge is 0.376 e. The first-order valence-corrected chi connectivity index (χ1v) is 7.10. The molecule has 24 heavy (non-hydrogen) atoms. The normalized spacial score (nSPS) is 12.9. The summed E-state index contributed by atoms with van der Waals surface area (Å²) in [5.41, 5.74) is -0.122. The predicted molar refractivity (Wildman–Crippen MR) is 81.1 cm³/mol. The van der Waals surface area contributed by atoms with E-state index in [0.717, 1.165) is 0 Å². The maximum absolute atomic E-state index is 12.5. The van der Waals surface area contributed by atoms with Gasteiger partial charge in [0.25, 0.3) is 11.5 Å². The predicted octanol–water partition coefficient (Wildman–Crippen LogP) is 1.60. The van der Waals surface area contributed by atoms with Crippen LogP contribution in [0.15, 0.2) is 35.1 Å². The van der Waals surface area contributed by atoms with Gasteiger partial charge in [-0.15, -0.1) is 0 Å². The fourth-order valence-corrected chi connectivity index (χ4v) is 2.38. The van der Waals surface area contributed by atoms with Gasteiger partial charge in [-0.1, -0.05) is 25.1 Å². The van der Waals surface area contributed by atoms with Crippen LogP contribution in [0.2, 0.25) is 0 Å². The van der Waals surface area contributed by atoms with E-state index in [1.54, 1.807) is 44.3 Å². The van der Waals surface area contributed by atoms with Crippen molar-refractivity contribution in [2.24, 2.45) is 7.05 Å². The highest BCUT2D eigenvalue weighted by Gasteiger charge is 2.44. The van der Waals surface area contributed by atoms with Crippen LogP contribution in [0.1, 0.15) is 12.6 Å². The van der Waals surface area contributed by atoms with E-state index in [1.807, 2.05) is 5.32 Å². The Kier molecular flexibility index (Phi) is 4.83. The average molecular weight is 343 g/mol. The molecule has 0 aliphatic carbocycles. The highest BCUT2D eigenvalue weighted by molar-refractivity contribution is 5.95. The van der Waals surface area contributed by atoms with Crippen molar-refractivity contribution in [3.05, 3.63) is 46.4 Å². The van der Waals surface area contributed by atoms with Crippen LogP contribution in [0.4, 0.5) is 18.9 Å². The zero-order valence-electron chi connectivity index (χ0n) is 13.0. The van der Waals surface area contributed by atoms with Gasteiger partial charge < -0.3 is 10.4 Å². The van der Waals surface area contributed by atoms with Crippen LogP contribution in [0, 0.1) is 0 Å². The lowest BCUT2D eigenvalue weighted by Gasteiger charge is -2.13. The molecule has 0 aliphatic heterocycles. The molecule has 1 unspecified atom stereocenters. The van der Waals surface area contributed by atoms with Crippen molar-refractivity contribution in [2.45, 2.75) is 25.6 Å². The van der Waals surface area contributed by atoms with Crippen molar-refractivity contribution in [1.82, 2.24) is 9.36 Å². The summed E-state index contributed by atoms with van der Waals surface area (Å²) in [6, 6.07) is 8.45. The molecule has 0 fully saturated rings. The maximum Gasteiger partial charge on any atom is 0.423 e. The maximum atomic E-state index is 12.5. The third kappa shape index (κ3) is 3.21. The van der Waals surface area contributed by atoms with Crippen molar-refractivity contribution in [2.75, 3.05) is 5.32 Å². The first-order valence-electron chi connectivity index (χ1n) is 7.10. The minimum Gasteiger partial charge on any atom is -0.376 e. The van der Waals surface area contributed by atoms with E-state index in [9.17, 15) is 22.8 Å². The number of halogens is 3. The molecule has 0 aliphatic rings. The molecule has 2 rings (SSSR count). The van der Waals surface area contributed by atoms with Crippen molar-refractivity contribution in [3.63, 3.8) is 0 Å². The largest absolute Gasteiger partial charge is 0.423 e. The number of carbonyl (C=O) groups is 1. The highest BCUT2D eigenvalue weighted by atomic mass is 19.4. The average Bonchev–Trinajstić information content (AvgIpc) is 2.76. The van der Waals surface area contributed by atoms with E-state index < -0.39 is 23.7 Å². The summed E-state index contributed by atoms with van der Waals surface area (Å²) < 4.78 is 40.0. The lowest BCUT2D eigenvalue weighted by molar-refractivity contribution is -0.202. The van der Waals surface area contributed by atoms with Gasteiger partial charge in [0.15, 0.2) is 0 Å². The van der Waals surface area contributed by atoms with Gasteiger partial charge in [0, 0.05) is 7.05 Å². The number of carbonyl (C=O) groups excluding carboxylic acids is 1. The second kappa shape index (κ2) is 6.52. The number of aliphatic hydroxyl groups is 1. The van der Waals surface area contributed by atoms with Gasteiger partial charge in [0.1, 0.15) is 5.69 Å². The molecule has 0 saturated heterocycles. The third-order valence-corrected chi connectivity index (χ3v) is 3.53. The number of amides is 1. The summed E-state index contributed by atoms with van der Waals surface area (Å²) in [4.78, 5) is 24.1. The van der Waals surface area contributed by atoms with Crippen LogP contribution in [-0.2, 0) is 18.3 Å². The van der Waals surface area contributed by atoms with Crippen molar-refractivity contribution >= 4 is 11.6 Å². The molecule has 1 heterocycles. The molecule has 130 valence electrons. The van der Waals surface area contributed by atoms with Gasteiger partial charge in [-0.25, -0.2) is 4.68 Å². The Labute approximate surface area is 135 Å². The summed E-state index contributed by atoms with van der Waals surface area (Å²) in [5, 5.41) is 10.9. The first-order chi connectivity index (χ1) is 11.2.